The number of ether oxygens (including phenoxy) is 1. The minimum atomic E-state index is -0.0204. The van der Waals surface area contributed by atoms with Gasteiger partial charge in [-0.1, -0.05) is 35.3 Å². The lowest BCUT2D eigenvalue weighted by Gasteiger charge is -2.36. The van der Waals surface area contributed by atoms with E-state index in [1.54, 1.807) is 24.9 Å². The van der Waals surface area contributed by atoms with E-state index >= 15 is 0 Å². The zero-order valence-electron chi connectivity index (χ0n) is 16.8. The molecular weight excluding hydrogens is 423 g/mol. The Morgan fingerprint density at radius 3 is 2.47 bits per heavy atom. The maximum atomic E-state index is 13.1. The van der Waals surface area contributed by atoms with Gasteiger partial charge in [-0.15, -0.1) is 0 Å². The summed E-state index contributed by atoms with van der Waals surface area (Å²) in [5.41, 5.74) is 3.23. The smallest absolute Gasteiger partial charge is 0.272 e. The first-order valence-corrected chi connectivity index (χ1v) is 10.4. The summed E-state index contributed by atoms with van der Waals surface area (Å²) in [6.07, 6.45) is 0. The average Bonchev–Trinajstić information content (AvgIpc) is 3.17. The van der Waals surface area contributed by atoms with Crippen LogP contribution in [0.15, 0.2) is 48.5 Å². The highest BCUT2D eigenvalue weighted by Crippen LogP contribution is 2.28. The zero-order chi connectivity index (χ0) is 21.3. The first kappa shape index (κ1) is 20.6. The summed E-state index contributed by atoms with van der Waals surface area (Å²) in [6.45, 7) is 2.70. The lowest BCUT2D eigenvalue weighted by molar-refractivity contribution is 0.0735. The molecule has 0 bridgehead atoms. The number of carbonyl (C=O) groups is 1. The number of anilines is 1. The highest BCUT2D eigenvalue weighted by atomic mass is 35.5. The number of benzene rings is 2. The lowest BCUT2D eigenvalue weighted by Crippen LogP contribution is -2.49. The predicted octanol–water partition coefficient (Wildman–Crippen LogP) is 4.36. The molecule has 4 rings (SSSR count). The van der Waals surface area contributed by atoms with Gasteiger partial charge in [0.25, 0.3) is 5.91 Å². The largest absolute Gasteiger partial charge is 0.497 e. The van der Waals surface area contributed by atoms with E-state index in [9.17, 15) is 4.79 Å². The molecule has 6 nitrogen and oxygen atoms in total. The molecule has 156 valence electrons. The number of amides is 1. The number of carbonyl (C=O) groups excluding carboxylic acids is 1. The Morgan fingerprint density at radius 1 is 1.00 bits per heavy atom. The Kier molecular flexibility index (Phi) is 5.88. The van der Waals surface area contributed by atoms with Gasteiger partial charge in [0.1, 0.15) is 11.4 Å². The van der Waals surface area contributed by atoms with E-state index in [4.69, 9.17) is 27.9 Å². The quantitative estimate of drug-likeness (QED) is 0.599. The molecule has 0 N–H and O–H groups in total. The molecule has 0 spiro atoms. The van der Waals surface area contributed by atoms with Crippen LogP contribution in [0.3, 0.4) is 0 Å². The number of nitrogens with zero attached hydrogens (tertiary/aromatic N) is 4. The maximum Gasteiger partial charge on any atom is 0.272 e. The Morgan fingerprint density at radius 2 is 1.77 bits per heavy atom. The van der Waals surface area contributed by atoms with E-state index in [1.807, 2.05) is 47.4 Å². The second kappa shape index (κ2) is 8.58. The van der Waals surface area contributed by atoms with Crippen LogP contribution in [0.2, 0.25) is 10.0 Å². The van der Waals surface area contributed by atoms with Gasteiger partial charge in [-0.2, -0.15) is 5.10 Å². The van der Waals surface area contributed by atoms with Crippen molar-refractivity contribution in [2.24, 2.45) is 7.05 Å². The molecule has 1 aromatic heterocycles. The number of rotatable bonds is 4. The van der Waals surface area contributed by atoms with Crippen molar-refractivity contribution in [2.75, 3.05) is 38.2 Å². The highest BCUT2D eigenvalue weighted by Gasteiger charge is 2.25. The van der Waals surface area contributed by atoms with Gasteiger partial charge in [-0.05, 0) is 36.4 Å². The van der Waals surface area contributed by atoms with Crippen molar-refractivity contribution >= 4 is 34.8 Å². The van der Waals surface area contributed by atoms with Crippen LogP contribution in [0, 0.1) is 0 Å². The third-order valence-electron chi connectivity index (χ3n) is 5.30. The fourth-order valence-electron chi connectivity index (χ4n) is 3.60. The van der Waals surface area contributed by atoms with E-state index in [0.29, 0.717) is 28.8 Å². The highest BCUT2D eigenvalue weighted by molar-refractivity contribution is 6.42. The number of methoxy groups -OCH3 is 1. The van der Waals surface area contributed by atoms with E-state index in [2.05, 4.69) is 10.00 Å². The van der Waals surface area contributed by atoms with Crippen LogP contribution in [-0.2, 0) is 7.05 Å². The molecule has 0 atom stereocenters. The normalized spacial score (nSPS) is 14.1. The summed E-state index contributed by atoms with van der Waals surface area (Å²) in [6, 6.07) is 15.1. The Balaban J connectivity index is 1.46. The van der Waals surface area contributed by atoms with Gasteiger partial charge in [0.2, 0.25) is 0 Å². The molecule has 2 heterocycles. The van der Waals surface area contributed by atoms with E-state index in [-0.39, 0.29) is 5.91 Å². The van der Waals surface area contributed by atoms with E-state index in [1.165, 1.54) is 0 Å². The minimum Gasteiger partial charge on any atom is -0.497 e. The number of hydrogen-bond acceptors (Lipinski definition) is 4. The predicted molar refractivity (Wildman–Crippen MR) is 120 cm³/mol. The van der Waals surface area contributed by atoms with Crippen molar-refractivity contribution in [1.82, 2.24) is 14.7 Å². The van der Waals surface area contributed by atoms with Gasteiger partial charge in [-0.25, -0.2) is 0 Å². The van der Waals surface area contributed by atoms with E-state index in [0.717, 1.165) is 35.8 Å². The van der Waals surface area contributed by atoms with Gasteiger partial charge < -0.3 is 14.5 Å². The number of aromatic nitrogens is 2. The van der Waals surface area contributed by atoms with Crippen molar-refractivity contribution < 1.29 is 9.53 Å². The number of aryl methyl sites for hydroxylation is 1. The Bertz CT molecular complexity index is 1070. The maximum absolute atomic E-state index is 13.1. The van der Waals surface area contributed by atoms with Gasteiger partial charge in [-0.3, -0.25) is 9.48 Å². The van der Waals surface area contributed by atoms with Crippen LogP contribution >= 0.6 is 23.2 Å². The molecular formula is C22H22Cl2N4O2. The second-order valence-electron chi connectivity index (χ2n) is 7.15. The van der Waals surface area contributed by atoms with Gasteiger partial charge in [0, 0.05) is 44.5 Å². The zero-order valence-corrected chi connectivity index (χ0v) is 18.3. The van der Waals surface area contributed by atoms with Crippen LogP contribution < -0.4 is 9.64 Å². The summed E-state index contributed by atoms with van der Waals surface area (Å²) in [4.78, 5) is 17.2. The molecule has 2 aromatic carbocycles. The topological polar surface area (TPSA) is 50.6 Å². The van der Waals surface area contributed by atoms with Gasteiger partial charge >= 0.3 is 0 Å². The molecule has 0 aliphatic carbocycles. The van der Waals surface area contributed by atoms with Crippen LogP contribution in [0.4, 0.5) is 5.69 Å². The van der Waals surface area contributed by atoms with Crippen LogP contribution in [0.25, 0.3) is 11.3 Å². The van der Waals surface area contributed by atoms with Gasteiger partial charge in [0.15, 0.2) is 0 Å². The Hall–Kier alpha value is -2.70. The Labute approximate surface area is 185 Å². The van der Waals surface area contributed by atoms with Crippen molar-refractivity contribution in [3.8, 4) is 17.0 Å². The van der Waals surface area contributed by atoms with Crippen LogP contribution in [-0.4, -0.2) is 53.9 Å². The molecule has 1 fully saturated rings. The first-order chi connectivity index (χ1) is 14.5. The summed E-state index contributed by atoms with van der Waals surface area (Å²) in [5, 5.41) is 5.60. The van der Waals surface area contributed by atoms with Crippen LogP contribution in [0.5, 0.6) is 5.75 Å². The van der Waals surface area contributed by atoms with Crippen molar-refractivity contribution in [1.29, 1.82) is 0 Å². The molecule has 1 saturated heterocycles. The molecule has 1 aliphatic heterocycles. The molecule has 1 amide bonds. The molecule has 0 unspecified atom stereocenters. The van der Waals surface area contributed by atoms with Crippen LogP contribution in [0.1, 0.15) is 10.5 Å². The van der Waals surface area contributed by atoms with Crippen molar-refractivity contribution in [3.05, 3.63) is 64.3 Å². The third-order valence-corrected chi connectivity index (χ3v) is 6.04. The molecule has 0 saturated carbocycles. The van der Waals surface area contributed by atoms with Crippen molar-refractivity contribution in [3.63, 3.8) is 0 Å². The minimum absolute atomic E-state index is 0.0204. The SMILES string of the molecule is COc1cccc(-c2cc(C(=O)N3CCN(c4ccc(Cl)c(Cl)c4)CC3)n(C)n2)c1. The monoisotopic (exact) mass is 444 g/mol. The molecule has 8 heteroatoms. The van der Waals surface area contributed by atoms with Crippen molar-refractivity contribution in [2.45, 2.75) is 0 Å². The molecule has 30 heavy (non-hydrogen) atoms. The summed E-state index contributed by atoms with van der Waals surface area (Å²) < 4.78 is 6.93. The fraction of sp³-hybridized carbons (Fsp3) is 0.273. The number of halogens is 2. The third kappa shape index (κ3) is 4.11. The molecule has 1 aliphatic rings. The average molecular weight is 445 g/mol. The summed E-state index contributed by atoms with van der Waals surface area (Å²) in [5.74, 6) is 0.734. The number of hydrogen-bond donors (Lipinski definition) is 0. The summed E-state index contributed by atoms with van der Waals surface area (Å²) >= 11 is 12.2. The lowest BCUT2D eigenvalue weighted by atomic mass is 10.1. The fourth-order valence-corrected chi connectivity index (χ4v) is 3.89. The number of piperazine rings is 1. The molecule has 3 aromatic rings. The van der Waals surface area contributed by atoms with E-state index < -0.39 is 0 Å². The first-order valence-electron chi connectivity index (χ1n) is 9.64. The summed E-state index contributed by atoms with van der Waals surface area (Å²) in [7, 11) is 3.42. The molecule has 0 radical (unpaired) electrons. The standard InChI is InChI=1S/C22H22Cl2N4O2/c1-26-21(14-20(25-26)15-4-3-5-17(12-15)30-2)22(29)28-10-8-27(9-11-28)16-6-7-18(23)19(24)13-16/h3-7,12-14H,8-11H2,1-2H3. The van der Waals surface area contributed by atoms with Gasteiger partial charge in [0.05, 0.1) is 22.8 Å². The second-order valence-corrected chi connectivity index (χ2v) is 7.96.